The van der Waals surface area contributed by atoms with Crippen molar-refractivity contribution < 1.29 is 8.42 Å². The zero-order valence-corrected chi connectivity index (χ0v) is 17.4. The Bertz CT molecular complexity index is 886. The molecule has 2 aromatic rings. The van der Waals surface area contributed by atoms with Crippen LogP contribution in [0.15, 0.2) is 59.5 Å². The number of sulfone groups is 1. The molecule has 1 saturated heterocycles. The van der Waals surface area contributed by atoms with E-state index in [0.717, 1.165) is 44.6 Å². The topological polar surface area (TPSA) is 40.6 Å². The van der Waals surface area contributed by atoms with Crippen molar-refractivity contribution in [2.75, 3.05) is 19.3 Å². The van der Waals surface area contributed by atoms with Crippen molar-refractivity contribution in [1.29, 1.82) is 0 Å². The molecule has 4 rings (SSSR count). The van der Waals surface area contributed by atoms with Crippen molar-refractivity contribution in [3.8, 4) is 0 Å². The van der Waals surface area contributed by atoms with E-state index in [1.54, 1.807) is 6.07 Å². The first-order chi connectivity index (χ1) is 13.5. The Balaban J connectivity index is 1.42. The molecule has 0 spiro atoms. The summed E-state index contributed by atoms with van der Waals surface area (Å²) in [6.07, 6.45) is 6.11. The number of likely N-dealkylation sites (tertiary alicyclic amines) is 1. The van der Waals surface area contributed by atoms with Gasteiger partial charge in [0.25, 0.3) is 0 Å². The molecule has 0 aromatic heterocycles. The molecule has 1 saturated carbocycles. The predicted octanol–water partition coefficient (Wildman–Crippen LogP) is 3.72. The Labute approximate surface area is 169 Å². The molecule has 0 amide bonds. The van der Waals surface area contributed by atoms with Gasteiger partial charge in [0.15, 0.2) is 9.84 Å². The summed E-state index contributed by atoms with van der Waals surface area (Å²) in [5.74, 6) is 0. The van der Waals surface area contributed by atoms with Crippen molar-refractivity contribution >= 4 is 9.84 Å². The number of piperidine rings is 1. The minimum atomic E-state index is -3.19. The first kappa shape index (κ1) is 19.6. The van der Waals surface area contributed by atoms with Crippen molar-refractivity contribution in [3.05, 3.63) is 65.7 Å². The van der Waals surface area contributed by atoms with Gasteiger partial charge in [0.1, 0.15) is 0 Å². The van der Waals surface area contributed by atoms with Crippen LogP contribution in [0.5, 0.6) is 0 Å². The molecule has 150 valence electrons. The normalized spacial score (nSPS) is 19.2. The van der Waals surface area contributed by atoms with Crippen LogP contribution in [0, 0.1) is 0 Å². The van der Waals surface area contributed by atoms with Gasteiger partial charge in [0.05, 0.1) is 4.90 Å². The Morgan fingerprint density at radius 3 is 2.14 bits per heavy atom. The van der Waals surface area contributed by atoms with E-state index < -0.39 is 9.84 Å². The second kappa shape index (κ2) is 8.36. The molecule has 1 aliphatic carbocycles. The first-order valence-corrected chi connectivity index (χ1v) is 12.2. The summed E-state index contributed by atoms with van der Waals surface area (Å²) < 4.78 is 24.4. The zero-order valence-electron chi connectivity index (χ0n) is 16.6. The Morgan fingerprint density at radius 1 is 0.893 bits per heavy atom. The Hall–Kier alpha value is -1.69. The molecular weight excluding hydrogens is 368 g/mol. The van der Waals surface area contributed by atoms with Crippen LogP contribution in [0.3, 0.4) is 0 Å². The number of rotatable bonds is 7. The molecule has 4 nitrogen and oxygen atoms in total. The van der Waals surface area contributed by atoms with Gasteiger partial charge in [-0.25, -0.2) is 8.42 Å². The third-order valence-corrected chi connectivity index (χ3v) is 7.21. The highest BCUT2D eigenvalue weighted by molar-refractivity contribution is 7.90. The second-order valence-corrected chi connectivity index (χ2v) is 10.3. The Morgan fingerprint density at radius 2 is 1.50 bits per heavy atom. The lowest BCUT2D eigenvalue weighted by Gasteiger charge is -2.39. The highest BCUT2D eigenvalue weighted by atomic mass is 32.2. The number of benzene rings is 2. The van der Waals surface area contributed by atoms with Crippen molar-refractivity contribution in [2.45, 2.75) is 55.8 Å². The molecule has 1 aliphatic heterocycles. The molecule has 0 atom stereocenters. The SMILES string of the molecule is CS(=O)(=O)c1ccccc1CN(C1CC1)C1CCN(Cc2ccccc2)CC1. The van der Waals surface area contributed by atoms with E-state index in [4.69, 9.17) is 0 Å². The maximum absolute atomic E-state index is 12.2. The molecule has 2 aromatic carbocycles. The zero-order chi connectivity index (χ0) is 19.6. The molecular formula is C23H30N2O2S. The molecule has 1 heterocycles. The highest BCUT2D eigenvalue weighted by Crippen LogP contribution is 2.34. The van der Waals surface area contributed by atoms with Crippen molar-refractivity contribution in [1.82, 2.24) is 9.80 Å². The summed E-state index contributed by atoms with van der Waals surface area (Å²) in [4.78, 5) is 5.62. The fraction of sp³-hybridized carbons (Fsp3) is 0.478. The fourth-order valence-electron chi connectivity index (χ4n) is 4.41. The number of nitrogens with zero attached hydrogens (tertiary/aromatic N) is 2. The number of hydrogen-bond donors (Lipinski definition) is 0. The van der Waals surface area contributed by atoms with Gasteiger partial charge >= 0.3 is 0 Å². The van der Waals surface area contributed by atoms with Gasteiger partial charge in [-0.05, 0) is 56.0 Å². The van der Waals surface area contributed by atoms with Gasteiger partial charge in [-0.3, -0.25) is 9.80 Å². The second-order valence-electron chi connectivity index (χ2n) is 8.28. The first-order valence-electron chi connectivity index (χ1n) is 10.3. The third kappa shape index (κ3) is 4.83. The van der Waals surface area contributed by atoms with Crippen molar-refractivity contribution in [3.63, 3.8) is 0 Å². The minimum Gasteiger partial charge on any atom is -0.299 e. The van der Waals surface area contributed by atoms with Gasteiger partial charge in [-0.1, -0.05) is 48.5 Å². The summed E-state index contributed by atoms with van der Waals surface area (Å²) in [5.41, 5.74) is 2.32. The maximum atomic E-state index is 12.2. The largest absolute Gasteiger partial charge is 0.299 e. The summed E-state index contributed by atoms with van der Waals surface area (Å²) >= 11 is 0. The average Bonchev–Trinajstić information content (AvgIpc) is 3.52. The van der Waals surface area contributed by atoms with Crippen LogP contribution in [0.25, 0.3) is 0 Å². The Kier molecular flexibility index (Phi) is 5.85. The van der Waals surface area contributed by atoms with Gasteiger partial charge in [0.2, 0.25) is 0 Å². The quantitative estimate of drug-likeness (QED) is 0.713. The van der Waals surface area contributed by atoms with E-state index in [-0.39, 0.29) is 0 Å². The maximum Gasteiger partial charge on any atom is 0.175 e. The lowest BCUT2D eigenvalue weighted by Crippen LogP contribution is -2.45. The molecule has 5 heteroatoms. The van der Waals surface area contributed by atoms with E-state index in [1.807, 2.05) is 18.2 Å². The average molecular weight is 399 g/mol. The molecule has 0 bridgehead atoms. The van der Waals surface area contributed by atoms with Crippen LogP contribution < -0.4 is 0 Å². The molecule has 28 heavy (non-hydrogen) atoms. The predicted molar refractivity (Wildman–Crippen MR) is 113 cm³/mol. The molecule has 0 radical (unpaired) electrons. The van der Waals surface area contributed by atoms with Crippen LogP contribution in [0.2, 0.25) is 0 Å². The van der Waals surface area contributed by atoms with Crippen LogP contribution in [0.1, 0.15) is 36.8 Å². The van der Waals surface area contributed by atoms with Crippen LogP contribution in [-0.2, 0) is 22.9 Å². The molecule has 0 N–H and O–H groups in total. The van der Waals surface area contributed by atoms with Gasteiger partial charge in [0, 0.05) is 31.4 Å². The van der Waals surface area contributed by atoms with Gasteiger partial charge in [-0.2, -0.15) is 0 Å². The van der Waals surface area contributed by atoms with Crippen LogP contribution in [0.4, 0.5) is 0 Å². The highest BCUT2D eigenvalue weighted by Gasteiger charge is 2.36. The molecule has 2 aliphatic rings. The smallest absolute Gasteiger partial charge is 0.175 e. The minimum absolute atomic E-state index is 0.488. The van der Waals surface area contributed by atoms with Crippen LogP contribution in [-0.4, -0.2) is 49.6 Å². The van der Waals surface area contributed by atoms with Crippen LogP contribution >= 0.6 is 0 Å². The van der Waals surface area contributed by atoms with Gasteiger partial charge in [-0.15, -0.1) is 0 Å². The summed E-state index contributed by atoms with van der Waals surface area (Å²) in [6, 6.07) is 19.4. The summed E-state index contributed by atoms with van der Waals surface area (Å²) in [7, 11) is -3.19. The lowest BCUT2D eigenvalue weighted by molar-refractivity contribution is 0.0922. The number of hydrogen-bond acceptors (Lipinski definition) is 4. The van der Waals surface area contributed by atoms with E-state index in [9.17, 15) is 8.42 Å². The molecule has 2 fully saturated rings. The van der Waals surface area contributed by atoms with E-state index in [1.165, 1.54) is 24.7 Å². The monoisotopic (exact) mass is 398 g/mol. The third-order valence-electron chi connectivity index (χ3n) is 6.02. The summed E-state index contributed by atoms with van der Waals surface area (Å²) in [5, 5.41) is 0. The van der Waals surface area contributed by atoms with E-state index >= 15 is 0 Å². The fourth-order valence-corrected chi connectivity index (χ4v) is 5.34. The summed E-state index contributed by atoms with van der Waals surface area (Å²) in [6.45, 7) is 3.98. The van der Waals surface area contributed by atoms with E-state index in [2.05, 4.69) is 40.1 Å². The van der Waals surface area contributed by atoms with Crippen molar-refractivity contribution in [2.24, 2.45) is 0 Å². The standard InChI is InChI=1S/C23H30N2O2S/c1-28(26,27)23-10-6-5-9-20(23)18-25(21-11-12-21)22-13-15-24(16-14-22)17-19-7-3-2-4-8-19/h2-10,21-22H,11-18H2,1H3. The van der Waals surface area contributed by atoms with Gasteiger partial charge < -0.3 is 0 Å². The lowest BCUT2D eigenvalue weighted by atomic mass is 10.0. The molecule has 0 unspecified atom stereocenters. The van der Waals surface area contributed by atoms with E-state index in [0.29, 0.717) is 17.0 Å².